The van der Waals surface area contributed by atoms with Gasteiger partial charge < -0.3 is 15.0 Å². The van der Waals surface area contributed by atoms with Gasteiger partial charge in [0.2, 0.25) is 0 Å². The van der Waals surface area contributed by atoms with Crippen LogP contribution in [-0.2, 0) is 4.79 Å². The molecule has 0 spiro atoms. The SMILES string of the molecule is COc1ccc2ccccc2c1/C=C(\C#N)C(=O)Nc1ccc(C(=O)N(C)C)cc1. The van der Waals surface area contributed by atoms with Crippen molar-refractivity contribution in [1.29, 1.82) is 5.26 Å². The van der Waals surface area contributed by atoms with E-state index in [1.165, 1.54) is 11.0 Å². The average molecular weight is 399 g/mol. The molecule has 0 aliphatic rings. The number of ether oxygens (including phenoxy) is 1. The first kappa shape index (κ1) is 20.6. The van der Waals surface area contributed by atoms with Crippen LogP contribution in [0.3, 0.4) is 0 Å². The first-order chi connectivity index (χ1) is 14.4. The quantitative estimate of drug-likeness (QED) is 0.517. The molecule has 1 N–H and O–H groups in total. The third-order valence-corrected chi connectivity index (χ3v) is 4.60. The second kappa shape index (κ2) is 8.93. The predicted molar refractivity (Wildman–Crippen MR) is 117 cm³/mol. The number of nitrogens with zero attached hydrogens (tertiary/aromatic N) is 2. The van der Waals surface area contributed by atoms with Crippen molar-refractivity contribution in [3.63, 3.8) is 0 Å². The molecule has 0 saturated carbocycles. The summed E-state index contributed by atoms with van der Waals surface area (Å²) in [5, 5.41) is 14.1. The average Bonchev–Trinajstić information content (AvgIpc) is 2.77. The molecule has 0 unspecified atom stereocenters. The van der Waals surface area contributed by atoms with Crippen LogP contribution < -0.4 is 10.1 Å². The maximum absolute atomic E-state index is 12.7. The van der Waals surface area contributed by atoms with Crippen molar-refractivity contribution in [3.05, 3.63) is 77.4 Å². The number of nitriles is 1. The van der Waals surface area contributed by atoms with Gasteiger partial charge in [-0.15, -0.1) is 0 Å². The fraction of sp³-hybridized carbons (Fsp3) is 0.125. The molecule has 3 aromatic carbocycles. The minimum atomic E-state index is -0.542. The van der Waals surface area contributed by atoms with Gasteiger partial charge in [-0.25, -0.2) is 0 Å². The van der Waals surface area contributed by atoms with Gasteiger partial charge in [0.05, 0.1) is 7.11 Å². The number of amides is 2. The Kier molecular flexibility index (Phi) is 6.14. The number of carbonyl (C=O) groups is 2. The number of benzene rings is 3. The smallest absolute Gasteiger partial charge is 0.266 e. The number of anilines is 1. The van der Waals surface area contributed by atoms with Gasteiger partial charge in [0, 0.05) is 30.9 Å². The molecule has 30 heavy (non-hydrogen) atoms. The molecule has 0 aliphatic carbocycles. The van der Waals surface area contributed by atoms with Crippen molar-refractivity contribution in [2.24, 2.45) is 0 Å². The van der Waals surface area contributed by atoms with Gasteiger partial charge in [-0.1, -0.05) is 30.3 Å². The van der Waals surface area contributed by atoms with E-state index in [0.29, 0.717) is 22.6 Å². The van der Waals surface area contributed by atoms with E-state index in [9.17, 15) is 14.9 Å². The predicted octanol–water partition coefficient (Wildman–Crippen LogP) is 4.10. The van der Waals surface area contributed by atoms with Crippen LogP contribution in [0.2, 0.25) is 0 Å². The number of hydrogen-bond acceptors (Lipinski definition) is 4. The van der Waals surface area contributed by atoms with E-state index in [4.69, 9.17) is 4.74 Å². The van der Waals surface area contributed by atoms with Crippen LogP contribution in [-0.4, -0.2) is 37.9 Å². The highest BCUT2D eigenvalue weighted by molar-refractivity contribution is 6.11. The summed E-state index contributed by atoms with van der Waals surface area (Å²) in [6.45, 7) is 0. The van der Waals surface area contributed by atoms with Crippen molar-refractivity contribution in [2.45, 2.75) is 0 Å². The molecule has 3 rings (SSSR count). The second-order valence-corrected chi connectivity index (χ2v) is 6.80. The second-order valence-electron chi connectivity index (χ2n) is 6.80. The number of fused-ring (bicyclic) bond motifs is 1. The number of nitrogens with one attached hydrogen (secondary N) is 1. The summed E-state index contributed by atoms with van der Waals surface area (Å²) in [7, 11) is 4.89. The molecule has 0 aliphatic heterocycles. The summed E-state index contributed by atoms with van der Waals surface area (Å²) in [6.07, 6.45) is 1.53. The lowest BCUT2D eigenvalue weighted by Gasteiger charge is -2.11. The van der Waals surface area contributed by atoms with E-state index < -0.39 is 5.91 Å². The topological polar surface area (TPSA) is 82.4 Å². The maximum Gasteiger partial charge on any atom is 0.266 e. The molecule has 0 saturated heterocycles. The molecule has 6 nitrogen and oxygen atoms in total. The van der Waals surface area contributed by atoms with Crippen LogP contribution in [0, 0.1) is 11.3 Å². The Morgan fingerprint density at radius 1 is 1.03 bits per heavy atom. The Labute approximate surface area is 175 Å². The summed E-state index contributed by atoms with van der Waals surface area (Å²) < 4.78 is 5.43. The molecule has 0 heterocycles. The van der Waals surface area contributed by atoms with Crippen LogP contribution in [0.1, 0.15) is 15.9 Å². The minimum absolute atomic E-state index is 0.0573. The zero-order valence-corrected chi connectivity index (χ0v) is 17.0. The first-order valence-corrected chi connectivity index (χ1v) is 9.25. The van der Waals surface area contributed by atoms with E-state index in [-0.39, 0.29) is 11.5 Å². The van der Waals surface area contributed by atoms with Crippen molar-refractivity contribution in [2.75, 3.05) is 26.5 Å². The molecule has 2 amide bonds. The van der Waals surface area contributed by atoms with Gasteiger partial charge in [0.15, 0.2) is 0 Å². The highest BCUT2D eigenvalue weighted by Crippen LogP contribution is 2.30. The summed E-state index contributed by atoms with van der Waals surface area (Å²) >= 11 is 0. The van der Waals surface area contributed by atoms with E-state index in [1.807, 2.05) is 42.5 Å². The van der Waals surface area contributed by atoms with Gasteiger partial charge in [-0.2, -0.15) is 5.26 Å². The Hall–Kier alpha value is -4.11. The first-order valence-electron chi connectivity index (χ1n) is 9.25. The van der Waals surface area contributed by atoms with Crippen molar-refractivity contribution < 1.29 is 14.3 Å². The molecule has 3 aromatic rings. The molecule has 0 atom stereocenters. The van der Waals surface area contributed by atoms with Crippen molar-refractivity contribution in [1.82, 2.24) is 4.90 Å². The lowest BCUT2D eigenvalue weighted by atomic mass is 10.0. The molecule has 0 radical (unpaired) electrons. The third kappa shape index (κ3) is 4.31. The molecular weight excluding hydrogens is 378 g/mol. The maximum atomic E-state index is 12.7. The standard InChI is InChI=1S/C24H21N3O3/c1-27(2)24(29)17-8-11-19(12-9-17)26-23(28)18(15-25)14-21-20-7-5-4-6-16(20)10-13-22(21)30-3/h4-14H,1-3H3,(H,26,28)/b18-14+. The van der Waals surface area contributed by atoms with Gasteiger partial charge >= 0.3 is 0 Å². The van der Waals surface area contributed by atoms with E-state index in [0.717, 1.165) is 10.8 Å². The lowest BCUT2D eigenvalue weighted by Crippen LogP contribution is -2.21. The number of methoxy groups -OCH3 is 1. The monoisotopic (exact) mass is 399 g/mol. The fourth-order valence-electron chi connectivity index (χ4n) is 3.05. The summed E-state index contributed by atoms with van der Waals surface area (Å²) in [5.74, 6) is -0.103. The van der Waals surface area contributed by atoms with E-state index in [2.05, 4.69) is 5.32 Å². The highest BCUT2D eigenvalue weighted by Gasteiger charge is 2.14. The number of rotatable bonds is 5. The summed E-state index contributed by atoms with van der Waals surface area (Å²) in [6, 6.07) is 19.9. The number of carbonyl (C=O) groups excluding carboxylic acids is 2. The van der Waals surface area contributed by atoms with Crippen LogP contribution in [0.4, 0.5) is 5.69 Å². The minimum Gasteiger partial charge on any atom is -0.496 e. The van der Waals surface area contributed by atoms with Crippen LogP contribution in [0.15, 0.2) is 66.2 Å². The van der Waals surface area contributed by atoms with Crippen molar-refractivity contribution >= 4 is 34.4 Å². The van der Waals surface area contributed by atoms with Gasteiger partial charge in [-0.05, 0) is 47.2 Å². The molecule has 150 valence electrons. The van der Waals surface area contributed by atoms with E-state index in [1.54, 1.807) is 45.5 Å². The summed E-state index contributed by atoms with van der Waals surface area (Å²) in [5.41, 5.74) is 1.60. The van der Waals surface area contributed by atoms with E-state index >= 15 is 0 Å². The molecule has 0 fully saturated rings. The summed E-state index contributed by atoms with van der Waals surface area (Å²) in [4.78, 5) is 26.1. The van der Waals surface area contributed by atoms with Crippen LogP contribution in [0.25, 0.3) is 16.8 Å². The zero-order chi connectivity index (χ0) is 21.7. The van der Waals surface area contributed by atoms with Gasteiger partial charge in [0.1, 0.15) is 17.4 Å². The Balaban J connectivity index is 1.91. The molecule has 6 heteroatoms. The van der Waals surface area contributed by atoms with Crippen LogP contribution >= 0.6 is 0 Å². The largest absolute Gasteiger partial charge is 0.496 e. The molecular formula is C24H21N3O3. The number of hydrogen-bond donors (Lipinski definition) is 1. The zero-order valence-electron chi connectivity index (χ0n) is 17.0. The Morgan fingerprint density at radius 2 is 1.73 bits per heavy atom. The van der Waals surface area contributed by atoms with Gasteiger partial charge in [0.25, 0.3) is 11.8 Å². The fourth-order valence-corrected chi connectivity index (χ4v) is 3.05. The lowest BCUT2D eigenvalue weighted by molar-refractivity contribution is -0.112. The third-order valence-electron chi connectivity index (χ3n) is 4.60. The molecule has 0 bridgehead atoms. The Morgan fingerprint density at radius 3 is 2.37 bits per heavy atom. The van der Waals surface area contributed by atoms with Crippen LogP contribution in [0.5, 0.6) is 5.75 Å². The van der Waals surface area contributed by atoms with Gasteiger partial charge in [-0.3, -0.25) is 9.59 Å². The normalized spacial score (nSPS) is 10.9. The highest BCUT2D eigenvalue weighted by atomic mass is 16.5. The Bertz CT molecular complexity index is 1170. The van der Waals surface area contributed by atoms with Crippen molar-refractivity contribution in [3.8, 4) is 11.8 Å². The molecule has 0 aromatic heterocycles.